The summed E-state index contributed by atoms with van der Waals surface area (Å²) in [5.41, 5.74) is 3.58. The van der Waals surface area contributed by atoms with Crippen molar-refractivity contribution in [1.82, 2.24) is 0 Å². The molecule has 2 heteroatoms. The molecule has 1 heterocycles. The fourth-order valence-corrected chi connectivity index (χ4v) is 4.21. The first kappa shape index (κ1) is 12.5. The highest BCUT2D eigenvalue weighted by molar-refractivity contribution is 9.09. The maximum Gasteiger partial charge on any atom is 0.0399 e. The SMILES string of the molecule is CC1Cc2ccccc2N(CC2(CBr)CCC2)C1. The third-order valence-electron chi connectivity index (χ3n) is 4.66. The van der Waals surface area contributed by atoms with E-state index in [2.05, 4.69) is 52.0 Å². The maximum atomic E-state index is 3.74. The summed E-state index contributed by atoms with van der Waals surface area (Å²) < 4.78 is 0. The van der Waals surface area contributed by atoms with Crippen molar-refractivity contribution < 1.29 is 0 Å². The molecule has 1 nitrogen and oxygen atoms in total. The van der Waals surface area contributed by atoms with E-state index in [0.717, 1.165) is 11.2 Å². The second kappa shape index (κ2) is 4.88. The Balaban J connectivity index is 1.84. The summed E-state index contributed by atoms with van der Waals surface area (Å²) in [6, 6.07) is 8.98. The number of hydrogen-bond donors (Lipinski definition) is 0. The zero-order valence-electron chi connectivity index (χ0n) is 11.2. The number of fused-ring (bicyclic) bond motifs is 1. The first-order chi connectivity index (χ1) is 8.72. The van der Waals surface area contributed by atoms with Crippen molar-refractivity contribution in [2.75, 3.05) is 23.3 Å². The normalized spacial score (nSPS) is 25.4. The highest BCUT2D eigenvalue weighted by Crippen LogP contribution is 2.44. The van der Waals surface area contributed by atoms with E-state index in [1.807, 2.05) is 0 Å². The van der Waals surface area contributed by atoms with Crippen LogP contribution < -0.4 is 4.90 Å². The van der Waals surface area contributed by atoms with E-state index < -0.39 is 0 Å². The van der Waals surface area contributed by atoms with Gasteiger partial charge < -0.3 is 4.90 Å². The van der Waals surface area contributed by atoms with Crippen LogP contribution in [-0.4, -0.2) is 18.4 Å². The smallest absolute Gasteiger partial charge is 0.0399 e. The third-order valence-corrected chi connectivity index (χ3v) is 5.85. The Bertz CT molecular complexity index is 419. The molecule has 18 heavy (non-hydrogen) atoms. The molecular formula is C16H22BrN. The number of hydrogen-bond acceptors (Lipinski definition) is 1. The van der Waals surface area contributed by atoms with Crippen LogP contribution in [0.1, 0.15) is 31.7 Å². The molecule has 0 aromatic heterocycles. The lowest BCUT2D eigenvalue weighted by atomic mass is 9.69. The molecule has 98 valence electrons. The van der Waals surface area contributed by atoms with Crippen LogP contribution in [-0.2, 0) is 6.42 Å². The standard InChI is InChI=1S/C16H22BrN/c1-13-9-14-5-2-3-6-15(14)18(10-13)12-16(11-17)7-4-8-16/h2-3,5-6,13H,4,7-12H2,1H3. The highest BCUT2D eigenvalue weighted by Gasteiger charge is 2.38. The van der Waals surface area contributed by atoms with E-state index in [-0.39, 0.29) is 0 Å². The van der Waals surface area contributed by atoms with E-state index in [9.17, 15) is 0 Å². The van der Waals surface area contributed by atoms with E-state index in [1.165, 1.54) is 44.5 Å². The second-order valence-electron chi connectivity index (χ2n) is 6.31. The van der Waals surface area contributed by atoms with Gasteiger partial charge in [-0.3, -0.25) is 0 Å². The molecule has 1 unspecified atom stereocenters. The molecule has 0 saturated heterocycles. The minimum Gasteiger partial charge on any atom is -0.370 e. The summed E-state index contributed by atoms with van der Waals surface area (Å²) in [6.45, 7) is 4.84. The van der Waals surface area contributed by atoms with Gasteiger partial charge >= 0.3 is 0 Å². The Labute approximate surface area is 119 Å². The summed E-state index contributed by atoms with van der Waals surface area (Å²) in [5, 5.41) is 1.16. The van der Waals surface area contributed by atoms with Crippen LogP contribution in [0, 0.1) is 11.3 Å². The Morgan fingerprint density at radius 1 is 1.33 bits per heavy atom. The van der Waals surface area contributed by atoms with Crippen molar-refractivity contribution in [2.45, 2.75) is 32.6 Å². The first-order valence-corrected chi connectivity index (χ1v) is 8.23. The van der Waals surface area contributed by atoms with Crippen molar-refractivity contribution in [1.29, 1.82) is 0 Å². The van der Waals surface area contributed by atoms with Crippen molar-refractivity contribution in [3.63, 3.8) is 0 Å². The summed E-state index contributed by atoms with van der Waals surface area (Å²) in [6.07, 6.45) is 5.45. The fourth-order valence-electron chi connectivity index (χ4n) is 3.47. The first-order valence-electron chi connectivity index (χ1n) is 7.11. The van der Waals surface area contributed by atoms with Gasteiger partial charge in [-0.1, -0.05) is 47.5 Å². The van der Waals surface area contributed by atoms with Crippen molar-refractivity contribution in [2.24, 2.45) is 11.3 Å². The van der Waals surface area contributed by atoms with E-state index >= 15 is 0 Å². The maximum absolute atomic E-state index is 3.74. The Hall–Kier alpha value is -0.500. The van der Waals surface area contributed by atoms with E-state index in [4.69, 9.17) is 0 Å². The molecule has 1 aliphatic heterocycles. The predicted molar refractivity (Wildman–Crippen MR) is 81.6 cm³/mol. The van der Waals surface area contributed by atoms with Crippen LogP contribution in [0.3, 0.4) is 0 Å². The van der Waals surface area contributed by atoms with Crippen LogP contribution >= 0.6 is 15.9 Å². The average Bonchev–Trinajstić information content (AvgIpc) is 2.33. The van der Waals surface area contributed by atoms with Gasteiger partial charge in [-0.25, -0.2) is 0 Å². The molecule has 3 rings (SSSR count). The largest absolute Gasteiger partial charge is 0.370 e. The molecular weight excluding hydrogens is 286 g/mol. The average molecular weight is 308 g/mol. The molecule has 1 aromatic rings. The zero-order chi connectivity index (χ0) is 12.6. The van der Waals surface area contributed by atoms with Crippen LogP contribution in [0.5, 0.6) is 0 Å². The monoisotopic (exact) mass is 307 g/mol. The molecule has 0 amide bonds. The summed E-state index contributed by atoms with van der Waals surface area (Å²) >= 11 is 3.74. The highest BCUT2D eigenvalue weighted by atomic mass is 79.9. The zero-order valence-corrected chi connectivity index (χ0v) is 12.7. The predicted octanol–water partition coefficient (Wildman–Crippen LogP) is 4.25. The molecule has 2 aliphatic rings. The van der Waals surface area contributed by atoms with Crippen molar-refractivity contribution in [3.05, 3.63) is 29.8 Å². The van der Waals surface area contributed by atoms with Gasteiger partial charge in [0.05, 0.1) is 0 Å². The molecule has 0 radical (unpaired) electrons. The van der Waals surface area contributed by atoms with Crippen molar-refractivity contribution >= 4 is 21.6 Å². The van der Waals surface area contributed by atoms with Gasteiger partial charge in [0.25, 0.3) is 0 Å². The van der Waals surface area contributed by atoms with Crippen molar-refractivity contribution in [3.8, 4) is 0 Å². The number of para-hydroxylation sites is 1. The van der Waals surface area contributed by atoms with Gasteiger partial charge in [0, 0.05) is 24.1 Å². The van der Waals surface area contributed by atoms with Crippen LogP contribution in [0.15, 0.2) is 24.3 Å². The molecule has 0 bridgehead atoms. The molecule has 1 atom stereocenters. The molecule has 1 fully saturated rings. The second-order valence-corrected chi connectivity index (χ2v) is 6.87. The lowest BCUT2D eigenvalue weighted by Gasteiger charge is -2.47. The van der Waals surface area contributed by atoms with E-state index in [1.54, 1.807) is 5.56 Å². The van der Waals surface area contributed by atoms with Gasteiger partial charge in [0.1, 0.15) is 0 Å². The van der Waals surface area contributed by atoms with Crippen LogP contribution in [0.4, 0.5) is 5.69 Å². The molecule has 0 spiro atoms. The lowest BCUT2D eigenvalue weighted by molar-refractivity contribution is 0.174. The number of halogens is 1. The quantitative estimate of drug-likeness (QED) is 0.755. The molecule has 1 saturated carbocycles. The Morgan fingerprint density at radius 3 is 2.78 bits per heavy atom. The number of nitrogens with zero attached hydrogens (tertiary/aromatic N) is 1. The third kappa shape index (κ3) is 2.20. The fraction of sp³-hybridized carbons (Fsp3) is 0.625. The number of rotatable bonds is 3. The molecule has 1 aliphatic carbocycles. The minimum absolute atomic E-state index is 0.546. The number of alkyl halides is 1. The summed E-state index contributed by atoms with van der Waals surface area (Å²) in [7, 11) is 0. The van der Waals surface area contributed by atoms with Gasteiger partial charge in [-0.15, -0.1) is 0 Å². The van der Waals surface area contributed by atoms with Gasteiger partial charge in [0.2, 0.25) is 0 Å². The Morgan fingerprint density at radius 2 is 2.11 bits per heavy atom. The topological polar surface area (TPSA) is 3.24 Å². The van der Waals surface area contributed by atoms with Gasteiger partial charge in [-0.05, 0) is 42.2 Å². The van der Waals surface area contributed by atoms with Gasteiger partial charge in [0.15, 0.2) is 0 Å². The lowest BCUT2D eigenvalue weighted by Crippen LogP contribution is -2.46. The van der Waals surface area contributed by atoms with Crippen LogP contribution in [0.2, 0.25) is 0 Å². The molecule has 1 aromatic carbocycles. The molecule has 0 N–H and O–H groups in total. The van der Waals surface area contributed by atoms with Gasteiger partial charge in [-0.2, -0.15) is 0 Å². The number of benzene rings is 1. The summed E-state index contributed by atoms with van der Waals surface area (Å²) in [5.74, 6) is 0.785. The number of anilines is 1. The van der Waals surface area contributed by atoms with Crippen LogP contribution in [0.25, 0.3) is 0 Å². The van der Waals surface area contributed by atoms with E-state index in [0.29, 0.717) is 5.41 Å². The summed E-state index contributed by atoms with van der Waals surface area (Å²) in [4.78, 5) is 2.64. The Kier molecular flexibility index (Phi) is 3.40. The minimum atomic E-state index is 0.546.